The Morgan fingerprint density at radius 3 is 2.26 bits per heavy atom. The van der Waals surface area contributed by atoms with Crippen molar-refractivity contribution in [1.29, 1.82) is 0 Å². The molecule has 174 valence electrons. The van der Waals surface area contributed by atoms with E-state index in [2.05, 4.69) is 5.32 Å². The second-order valence-electron chi connectivity index (χ2n) is 8.23. The number of carboxylic acids is 1. The van der Waals surface area contributed by atoms with Gasteiger partial charge in [0.2, 0.25) is 0 Å². The van der Waals surface area contributed by atoms with Crippen molar-refractivity contribution in [3.8, 4) is 0 Å². The van der Waals surface area contributed by atoms with Crippen molar-refractivity contribution in [1.82, 2.24) is 9.88 Å². The van der Waals surface area contributed by atoms with E-state index in [0.717, 1.165) is 22.0 Å². The molecule has 0 aliphatic heterocycles. The molecule has 0 radical (unpaired) electrons. The lowest BCUT2D eigenvalue weighted by Crippen LogP contribution is -2.27. The number of para-hydroxylation sites is 1. The average Bonchev–Trinajstić information content (AvgIpc) is 3.21. The van der Waals surface area contributed by atoms with Gasteiger partial charge < -0.3 is 15.0 Å². The van der Waals surface area contributed by atoms with E-state index in [-0.39, 0.29) is 22.4 Å². The van der Waals surface area contributed by atoms with E-state index in [0.29, 0.717) is 12.1 Å². The molecule has 7 nitrogen and oxygen atoms in total. The van der Waals surface area contributed by atoms with Crippen molar-refractivity contribution in [2.24, 2.45) is 0 Å². The minimum Gasteiger partial charge on any atom is -0.478 e. The number of aromatic carboxylic acids is 1. The van der Waals surface area contributed by atoms with Gasteiger partial charge in [-0.2, -0.15) is 0 Å². The van der Waals surface area contributed by atoms with Gasteiger partial charge in [-0.1, -0.05) is 36.4 Å². The standard InChI is InChI=1S/C26H24N2O5S/c1-17(19-8-10-21(11-9-19)26(30)31)27-25(29)23-5-3-4-20-14-15-28(24(20)23)16-18-6-12-22(13-7-18)34(2,32)33/h3-15,17H,16H2,1-2H3,(H,27,29)(H,30,31)/t17-/m0/s1. The minimum atomic E-state index is -3.26. The summed E-state index contributed by atoms with van der Waals surface area (Å²) in [5, 5.41) is 13.0. The van der Waals surface area contributed by atoms with Crippen LogP contribution in [0, 0.1) is 0 Å². The summed E-state index contributed by atoms with van der Waals surface area (Å²) in [7, 11) is -3.26. The topological polar surface area (TPSA) is 105 Å². The predicted molar refractivity (Wildman–Crippen MR) is 130 cm³/mol. The zero-order valence-corrected chi connectivity index (χ0v) is 19.5. The number of fused-ring (bicyclic) bond motifs is 1. The smallest absolute Gasteiger partial charge is 0.335 e. The third kappa shape index (κ3) is 4.87. The van der Waals surface area contributed by atoms with Crippen LogP contribution in [0.15, 0.2) is 83.9 Å². The van der Waals surface area contributed by atoms with Crippen molar-refractivity contribution in [2.75, 3.05) is 6.26 Å². The van der Waals surface area contributed by atoms with Crippen LogP contribution in [0.4, 0.5) is 0 Å². The molecular weight excluding hydrogens is 452 g/mol. The van der Waals surface area contributed by atoms with Gasteiger partial charge in [0.15, 0.2) is 9.84 Å². The third-order valence-electron chi connectivity index (χ3n) is 5.74. The number of carbonyl (C=O) groups excluding carboxylic acids is 1. The second kappa shape index (κ2) is 9.15. The molecule has 0 saturated heterocycles. The van der Waals surface area contributed by atoms with Crippen LogP contribution in [0.5, 0.6) is 0 Å². The summed E-state index contributed by atoms with van der Waals surface area (Å²) in [6, 6.07) is 20.3. The van der Waals surface area contributed by atoms with Crippen molar-refractivity contribution in [2.45, 2.75) is 24.4 Å². The lowest BCUT2D eigenvalue weighted by Gasteiger charge is -2.16. The quantitative estimate of drug-likeness (QED) is 0.414. The van der Waals surface area contributed by atoms with E-state index in [1.807, 2.05) is 35.9 Å². The molecule has 0 fully saturated rings. The molecule has 0 saturated carbocycles. The van der Waals surface area contributed by atoms with Crippen LogP contribution < -0.4 is 5.32 Å². The Hall–Kier alpha value is -3.91. The van der Waals surface area contributed by atoms with E-state index in [1.54, 1.807) is 42.5 Å². The van der Waals surface area contributed by atoms with E-state index < -0.39 is 15.8 Å². The normalized spacial score (nSPS) is 12.4. The monoisotopic (exact) mass is 476 g/mol. The van der Waals surface area contributed by atoms with Crippen molar-refractivity contribution < 1.29 is 23.1 Å². The maximum Gasteiger partial charge on any atom is 0.335 e. The SMILES string of the molecule is C[C@H](NC(=O)c1cccc2ccn(Cc3ccc(S(C)(=O)=O)cc3)c12)c1ccc(C(=O)O)cc1. The molecule has 4 rings (SSSR count). The lowest BCUT2D eigenvalue weighted by atomic mass is 10.0. The largest absolute Gasteiger partial charge is 0.478 e. The minimum absolute atomic E-state index is 0.189. The van der Waals surface area contributed by atoms with E-state index >= 15 is 0 Å². The van der Waals surface area contributed by atoms with Crippen LogP contribution in [0.25, 0.3) is 10.9 Å². The predicted octanol–water partition coefficient (Wildman–Crippen LogP) is 4.28. The van der Waals surface area contributed by atoms with Gasteiger partial charge in [-0.3, -0.25) is 4.79 Å². The van der Waals surface area contributed by atoms with Gasteiger partial charge in [-0.05, 0) is 54.4 Å². The van der Waals surface area contributed by atoms with Gasteiger partial charge in [0, 0.05) is 24.4 Å². The summed E-state index contributed by atoms with van der Waals surface area (Å²) < 4.78 is 25.4. The van der Waals surface area contributed by atoms with Gasteiger partial charge in [0.25, 0.3) is 5.91 Å². The number of aromatic nitrogens is 1. The molecule has 0 spiro atoms. The van der Waals surface area contributed by atoms with Crippen LogP contribution in [0.3, 0.4) is 0 Å². The van der Waals surface area contributed by atoms with Crippen molar-refractivity contribution in [3.05, 3.63) is 101 Å². The van der Waals surface area contributed by atoms with Gasteiger partial charge in [-0.25, -0.2) is 13.2 Å². The zero-order valence-electron chi connectivity index (χ0n) is 18.7. The number of hydrogen-bond acceptors (Lipinski definition) is 4. The first kappa shape index (κ1) is 23.3. The van der Waals surface area contributed by atoms with Crippen LogP contribution in [-0.2, 0) is 16.4 Å². The first-order chi connectivity index (χ1) is 16.1. The second-order valence-corrected chi connectivity index (χ2v) is 10.2. The third-order valence-corrected chi connectivity index (χ3v) is 6.87. The summed E-state index contributed by atoms with van der Waals surface area (Å²) in [6.45, 7) is 2.32. The summed E-state index contributed by atoms with van der Waals surface area (Å²) in [5.41, 5.74) is 3.19. The number of hydrogen-bond donors (Lipinski definition) is 2. The number of rotatable bonds is 7. The van der Waals surface area contributed by atoms with Crippen molar-refractivity contribution >= 4 is 32.6 Å². The lowest BCUT2D eigenvalue weighted by molar-refractivity contribution is 0.0696. The van der Waals surface area contributed by atoms with Gasteiger partial charge in [-0.15, -0.1) is 0 Å². The molecular formula is C26H24N2O5S. The number of nitrogens with one attached hydrogen (secondary N) is 1. The highest BCUT2D eigenvalue weighted by Crippen LogP contribution is 2.23. The molecule has 4 aromatic rings. The zero-order chi connectivity index (χ0) is 24.5. The van der Waals surface area contributed by atoms with Crippen molar-refractivity contribution in [3.63, 3.8) is 0 Å². The molecule has 1 aromatic heterocycles. The Bertz CT molecular complexity index is 1470. The number of carboxylic acid groups (broad SMARTS) is 1. The van der Waals surface area contributed by atoms with Crippen LogP contribution in [-0.4, -0.2) is 36.2 Å². The fourth-order valence-electron chi connectivity index (χ4n) is 3.89. The summed E-state index contributed by atoms with van der Waals surface area (Å²) in [6.07, 6.45) is 3.08. The number of carbonyl (C=O) groups is 2. The van der Waals surface area contributed by atoms with Crippen LogP contribution in [0.1, 0.15) is 44.8 Å². The van der Waals surface area contributed by atoms with Gasteiger partial charge in [0.05, 0.1) is 27.6 Å². The molecule has 0 aliphatic rings. The average molecular weight is 477 g/mol. The Labute approximate surface area is 197 Å². The molecule has 3 aromatic carbocycles. The highest BCUT2D eigenvalue weighted by atomic mass is 32.2. The Kier molecular flexibility index (Phi) is 6.26. The highest BCUT2D eigenvalue weighted by molar-refractivity contribution is 7.90. The maximum absolute atomic E-state index is 13.2. The number of amides is 1. The first-order valence-electron chi connectivity index (χ1n) is 10.6. The maximum atomic E-state index is 13.2. The molecule has 0 aliphatic carbocycles. The molecule has 1 heterocycles. The molecule has 34 heavy (non-hydrogen) atoms. The molecule has 1 amide bonds. The number of benzene rings is 3. The first-order valence-corrected chi connectivity index (χ1v) is 12.5. The fraction of sp³-hybridized carbons (Fsp3) is 0.154. The molecule has 8 heteroatoms. The Balaban J connectivity index is 1.59. The van der Waals surface area contributed by atoms with Crippen LogP contribution >= 0.6 is 0 Å². The van der Waals surface area contributed by atoms with Gasteiger partial charge >= 0.3 is 5.97 Å². The highest BCUT2D eigenvalue weighted by Gasteiger charge is 2.17. The number of sulfone groups is 1. The summed E-state index contributed by atoms with van der Waals surface area (Å²) in [4.78, 5) is 24.5. The fourth-order valence-corrected chi connectivity index (χ4v) is 4.52. The molecule has 0 bridgehead atoms. The van der Waals surface area contributed by atoms with Crippen LogP contribution in [0.2, 0.25) is 0 Å². The summed E-state index contributed by atoms with van der Waals surface area (Å²) >= 11 is 0. The Morgan fingerprint density at radius 2 is 1.65 bits per heavy atom. The Morgan fingerprint density at radius 1 is 0.971 bits per heavy atom. The van der Waals surface area contributed by atoms with E-state index in [9.17, 15) is 18.0 Å². The molecule has 0 unspecified atom stereocenters. The molecule has 2 N–H and O–H groups in total. The number of nitrogens with zero attached hydrogens (tertiary/aromatic N) is 1. The van der Waals surface area contributed by atoms with E-state index in [4.69, 9.17) is 5.11 Å². The summed E-state index contributed by atoms with van der Waals surface area (Å²) in [5.74, 6) is -1.24. The molecule has 1 atom stereocenters. The van der Waals surface area contributed by atoms with E-state index in [1.165, 1.54) is 18.4 Å². The van der Waals surface area contributed by atoms with Gasteiger partial charge in [0.1, 0.15) is 0 Å².